The Morgan fingerprint density at radius 2 is 2.00 bits per heavy atom. The summed E-state index contributed by atoms with van der Waals surface area (Å²) in [6, 6.07) is 10.3. The smallest absolute Gasteiger partial charge is 0.328 e. The van der Waals surface area contributed by atoms with Crippen molar-refractivity contribution in [3.8, 4) is 5.69 Å². The molecule has 0 fully saturated rings. The third-order valence-corrected chi connectivity index (χ3v) is 5.32. The van der Waals surface area contributed by atoms with Crippen LogP contribution in [0.1, 0.15) is 11.1 Å². The number of benzene rings is 2. The number of tetrazole rings is 1. The number of hydrogen-bond acceptors (Lipinski definition) is 6. The number of carboxylic acid groups (broad SMARTS) is 1. The van der Waals surface area contributed by atoms with E-state index >= 15 is 0 Å². The zero-order valence-electron chi connectivity index (χ0n) is 15.5. The van der Waals surface area contributed by atoms with Gasteiger partial charge in [0.05, 0.1) is 27.2 Å². The van der Waals surface area contributed by atoms with E-state index in [0.717, 1.165) is 23.4 Å². The van der Waals surface area contributed by atoms with Gasteiger partial charge in [-0.3, -0.25) is 4.79 Å². The Labute approximate surface area is 185 Å². The lowest BCUT2D eigenvalue weighted by molar-refractivity contribution is -0.131. The molecule has 3 rings (SSSR count). The normalized spacial score (nSPS) is 11.0. The van der Waals surface area contributed by atoms with E-state index in [2.05, 4.69) is 20.8 Å². The highest BCUT2D eigenvalue weighted by Gasteiger charge is 2.14. The summed E-state index contributed by atoms with van der Waals surface area (Å²) in [6.07, 6.45) is 2.41. The first-order chi connectivity index (χ1) is 14.3. The number of aromatic nitrogens is 4. The van der Waals surface area contributed by atoms with Crippen molar-refractivity contribution < 1.29 is 14.7 Å². The number of hydrogen-bond donors (Lipinski definition) is 2. The predicted molar refractivity (Wildman–Crippen MR) is 116 cm³/mol. The molecule has 0 spiro atoms. The first-order valence-corrected chi connectivity index (χ1v) is 10.3. The maximum atomic E-state index is 12.3. The standard InChI is InChI=1S/C19H15Cl2N5O3S/c1-11-2-6-16(14(21)8-11)26-19(23-24-25-26)30-10-17(27)22-15-5-3-12(9-13(15)20)4-7-18(28)29/h2-9H,10H2,1H3,(H,22,27)(H,28,29)/b7-4+. The maximum Gasteiger partial charge on any atom is 0.328 e. The molecular formula is C19H15Cl2N5O3S. The van der Waals surface area contributed by atoms with Crippen LogP contribution in [-0.4, -0.2) is 42.9 Å². The maximum absolute atomic E-state index is 12.3. The van der Waals surface area contributed by atoms with Crippen molar-refractivity contribution in [1.29, 1.82) is 0 Å². The van der Waals surface area contributed by atoms with E-state index in [1.807, 2.05) is 13.0 Å². The lowest BCUT2D eigenvalue weighted by Crippen LogP contribution is -2.15. The minimum atomic E-state index is -1.06. The molecule has 0 saturated heterocycles. The Hall–Kier alpha value is -2.88. The molecule has 1 heterocycles. The van der Waals surface area contributed by atoms with Crippen LogP contribution in [0.4, 0.5) is 5.69 Å². The zero-order valence-corrected chi connectivity index (χ0v) is 17.9. The highest BCUT2D eigenvalue weighted by atomic mass is 35.5. The number of carbonyl (C=O) groups excluding carboxylic acids is 1. The number of aryl methyl sites for hydroxylation is 1. The molecule has 0 atom stereocenters. The average molecular weight is 464 g/mol. The van der Waals surface area contributed by atoms with Crippen molar-refractivity contribution in [3.63, 3.8) is 0 Å². The number of aliphatic carboxylic acids is 1. The minimum Gasteiger partial charge on any atom is -0.478 e. The number of nitrogens with zero attached hydrogens (tertiary/aromatic N) is 4. The second-order valence-electron chi connectivity index (χ2n) is 6.08. The summed E-state index contributed by atoms with van der Waals surface area (Å²) in [5.41, 5.74) is 2.63. The van der Waals surface area contributed by atoms with Crippen molar-refractivity contribution in [2.45, 2.75) is 12.1 Å². The van der Waals surface area contributed by atoms with E-state index in [9.17, 15) is 9.59 Å². The quantitative estimate of drug-likeness (QED) is 0.400. The van der Waals surface area contributed by atoms with E-state index < -0.39 is 5.97 Å². The fourth-order valence-corrected chi connectivity index (χ4v) is 3.66. The largest absolute Gasteiger partial charge is 0.478 e. The van der Waals surface area contributed by atoms with E-state index in [1.54, 1.807) is 30.3 Å². The minimum absolute atomic E-state index is 0.0425. The highest BCUT2D eigenvalue weighted by Crippen LogP contribution is 2.26. The number of anilines is 1. The number of halogens is 2. The van der Waals surface area contributed by atoms with Crippen LogP contribution in [0.15, 0.2) is 47.6 Å². The van der Waals surface area contributed by atoms with Crippen molar-refractivity contribution in [3.05, 3.63) is 63.6 Å². The van der Waals surface area contributed by atoms with E-state index in [0.29, 0.717) is 27.1 Å². The molecule has 1 aromatic heterocycles. The van der Waals surface area contributed by atoms with Crippen molar-refractivity contribution in [2.24, 2.45) is 0 Å². The van der Waals surface area contributed by atoms with Crippen LogP contribution in [0.5, 0.6) is 0 Å². The Balaban J connectivity index is 1.65. The first kappa shape index (κ1) is 21.8. The molecule has 2 N–H and O–H groups in total. The molecule has 0 saturated carbocycles. The Bertz CT molecular complexity index is 1130. The van der Waals surface area contributed by atoms with Crippen LogP contribution in [0, 0.1) is 6.92 Å². The first-order valence-electron chi connectivity index (χ1n) is 8.51. The molecule has 1 amide bonds. The molecule has 0 bridgehead atoms. The summed E-state index contributed by atoms with van der Waals surface area (Å²) in [5, 5.41) is 24.1. The molecule has 8 nitrogen and oxygen atoms in total. The molecule has 0 radical (unpaired) electrons. The van der Waals surface area contributed by atoms with E-state index in [4.69, 9.17) is 28.3 Å². The molecule has 0 aliphatic heterocycles. The molecule has 11 heteroatoms. The van der Waals surface area contributed by atoms with Gasteiger partial charge in [0.25, 0.3) is 0 Å². The Morgan fingerprint density at radius 1 is 1.20 bits per heavy atom. The van der Waals surface area contributed by atoms with E-state index in [1.165, 1.54) is 10.8 Å². The lowest BCUT2D eigenvalue weighted by Gasteiger charge is -2.09. The molecular weight excluding hydrogens is 449 g/mol. The van der Waals surface area contributed by atoms with Crippen molar-refractivity contribution in [2.75, 3.05) is 11.1 Å². The number of carboxylic acids is 1. The zero-order chi connectivity index (χ0) is 21.7. The van der Waals surface area contributed by atoms with Crippen LogP contribution in [0.25, 0.3) is 11.8 Å². The van der Waals surface area contributed by atoms with Gasteiger partial charge in [0.1, 0.15) is 0 Å². The SMILES string of the molecule is Cc1ccc(-n2nnnc2SCC(=O)Nc2ccc(/C=C/C(=O)O)cc2Cl)c(Cl)c1. The highest BCUT2D eigenvalue weighted by molar-refractivity contribution is 7.99. The van der Waals surface area contributed by atoms with Gasteiger partial charge in [-0.1, -0.05) is 47.1 Å². The van der Waals surface area contributed by atoms with Crippen LogP contribution < -0.4 is 5.32 Å². The average Bonchev–Trinajstić information content (AvgIpc) is 3.15. The number of rotatable bonds is 7. The van der Waals surface area contributed by atoms with Gasteiger partial charge in [-0.2, -0.15) is 4.68 Å². The third-order valence-electron chi connectivity index (χ3n) is 3.79. The summed E-state index contributed by atoms with van der Waals surface area (Å²) in [4.78, 5) is 22.9. The summed E-state index contributed by atoms with van der Waals surface area (Å²) in [5.74, 6) is -1.32. The molecule has 2 aromatic carbocycles. The predicted octanol–water partition coefficient (Wildman–Crippen LogP) is 4.11. The van der Waals surface area contributed by atoms with Crippen LogP contribution >= 0.6 is 35.0 Å². The summed E-state index contributed by atoms with van der Waals surface area (Å²) < 4.78 is 1.47. The lowest BCUT2D eigenvalue weighted by atomic mass is 10.2. The van der Waals surface area contributed by atoms with E-state index in [-0.39, 0.29) is 16.7 Å². The number of amides is 1. The molecule has 30 heavy (non-hydrogen) atoms. The molecule has 3 aromatic rings. The second kappa shape index (κ2) is 9.75. The van der Waals surface area contributed by atoms with Gasteiger partial charge in [-0.25, -0.2) is 4.79 Å². The van der Waals surface area contributed by atoms with Gasteiger partial charge in [0, 0.05) is 6.08 Å². The van der Waals surface area contributed by atoms with Gasteiger partial charge >= 0.3 is 5.97 Å². The van der Waals surface area contributed by atoms with Crippen LogP contribution in [0.2, 0.25) is 10.0 Å². The van der Waals surface area contributed by atoms with Gasteiger partial charge in [-0.05, 0) is 58.8 Å². The fraction of sp³-hybridized carbons (Fsp3) is 0.105. The monoisotopic (exact) mass is 463 g/mol. The number of nitrogens with one attached hydrogen (secondary N) is 1. The molecule has 154 valence electrons. The van der Waals surface area contributed by atoms with Gasteiger partial charge in [0.15, 0.2) is 0 Å². The van der Waals surface area contributed by atoms with Crippen molar-refractivity contribution in [1.82, 2.24) is 20.2 Å². The summed E-state index contributed by atoms with van der Waals surface area (Å²) in [7, 11) is 0. The van der Waals surface area contributed by atoms with Gasteiger partial charge in [-0.15, -0.1) is 5.10 Å². The molecule has 0 unspecified atom stereocenters. The second-order valence-corrected chi connectivity index (χ2v) is 7.83. The summed E-state index contributed by atoms with van der Waals surface area (Å²) >= 11 is 13.6. The topological polar surface area (TPSA) is 110 Å². The number of thioether (sulfide) groups is 1. The molecule has 0 aliphatic rings. The van der Waals surface area contributed by atoms with Crippen LogP contribution in [-0.2, 0) is 9.59 Å². The molecule has 0 aliphatic carbocycles. The van der Waals surface area contributed by atoms with Gasteiger partial charge in [0.2, 0.25) is 11.1 Å². The Morgan fingerprint density at radius 3 is 2.70 bits per heavy atom. The summed E-state index contributed by atoms with van der Waals surface area (Å²) in [6.45, 7) is 1.93. The van der Waals surface area contributed by atoms with Crippen molar-refractivity contribution >= 4 is 58.6 Å². The fourth-order valence-electron chi connectivity index (χ4n) is 2.42. The number of carbonyl (C=O) groups is 2. The third kappa shape index (κ3) is 5.59. The Kier molecular flexibility index (Phi) is 7.09. The van der Waals surface area contributed by atoms with Crippen LogP contribution in [0.3, 0.4) is 0 Å². The van der Waals surface area contributed by atoms with Gasteiger partial charge < -0.3 is 10.4 Å².